The van der Waals surface area contributed by atoms with Gasteiger partial charge in [0.05, 0.1) is 0 Å². The monoisotopic (exact) mass is 254 g/mol. The van der Waals surface area contributed by atoms with Crippen LogP contribution in [0.25, 0.3) is 0 Å². The molecule has 0 amide bonds. The van der Waals surface area contributed by atoms with Crippen molar-refractivity contribution < 1.29 is 0 Å². The molecule has 110 valence electrons. The fourth-order valence-electron chi connectivity index (χ4n) is 3.11. The molecule has 0 aliphatic carbocycles. The zero-order chi connectivity index (χ0) is 14.2. The molecular weight excluding hydrogens is 216 g/mol. The molecule has 0 bridgehead atoms. The number of rotatable bonds is 10. The molecule has 0 saturated carbocycles. The number of unbranched alkanes of at least 4 members (excludes halogenated alkanes) is 1. The highest BCUT2D eigenvalue weighted by molar-refractivity contribution is 4.85. The maximum atomic E-state index is 2.53. The predicted molar refractivity (Wildman–Crippen MR) is 85.0 cm³/mol. The Labute approximate surface area is 117 Å². The summed E-state index contributed by atoms with van der Waals surface area (Å²) >= 11 is 0. The minimum absolute atomic E-state index is 0.556. The van der Waals surface area contributed by atoms with Crippen molar-refractivity contribution in [2.24, 2.45) is 16.7 Å². The zero-order valence-corrected chi connectivity index (χ0v) is 14.2. The van der Waals surface area contributed by atoms with E-state index in [0.717, 1.165) is 5.92 Å². The Hall–Kier alpha value is 0. The van der Waals surface area contributed by atoms with Crippen LogP contribution in [0.2, 0.25) is 0 Å². The quantitative estimate of drug-likeness (QED) is 0.400. The van der Waals surface area contributed by atoms with Gasteiger partial charge < -0.3 is 0 Å². The summed E-state index contributed by atoms with van der Waals surface area (Å²) in [5, 5.41) is 0. The first-order chi connectivity index (χ1) is 8.41. The van der Waals surface area contributed by atoms with E-state index in [0.29, 0.717) is 10.8 Å². The maximum absolute atomic E-state index is 2.53. The van der Waals surface area contributed by atoms with E-state index in [-0.39, 0.29) is 0 Å². The van der Waals surface area contributed by atoms with Crippen LogP contribution in [0, 0.1) is 16.7 Å². The van der Waals surface area contributed by atoms with Crippen LogP contribution in [0.1, 0.15) is 99.8 Å². The van der Waals surface area contributed by atoms with Gasteiger partial charge in [0, 0.05) is 0 Å². The summed E-state index contributed by atoms with van der Waals surface area (Å²) in [7, 11) is 0. The van der Waals surface area contributed by atoms with Crippen molar-refractivity contribution in [2.45, 2.75) is 99.8 Å². The summed E-state index contributed by atoms with van der Waals surface area (Å²) in [6.07, 6.45) is 10.9. The van der Waals surface area contributed by atoms with Crippen molar-refractivity contribution in [3.63, 3.8) is 0 Å². The van der Waals surface area contributed by atoms with Crippen LogP contribution in [-0.2, 0) is 0 Å². The van der Waals surface area contributed by atoms with Crippen molar-refractivity contribution in [3.8, 4) is 0 Å². The third-order valence-corrected chi connectivity index (χ3v) is 5.95. The second-order valence-corrected chi connectivity index (χ2v) is 6.92. The summed E-state index contributed by atoms with van der Waals surface area (Å²) in [5.41, 5.74) is 1.12. The van der Waals surface area contributed by atoms with Crippen molar-refractivity contribution >= 4 is 0 Å². The van der Waals surface area contributed by atoms with Gasteiger partial charge >= 0.3 is 0 Å². The molecule has 1 unspecified atom stereocenters. The summed E-state index contributed by atoms with van der Waals surface area (Å²) in [5.74, 6) is 0.914. The topological polar surface area (TPSA) is 0 Å². The van der Waals surface area contributed by atoms with E-state index in [1.807, 2.05) is 0 Å². The van der Waals surface area contributed by atoms with Gasteiger partial charge in [-0.3, -0.25) is 0 Å². The van der Waals surface area contributed by atoms with Gasteiger partial charge in [0.2, 0.25) is 0 Å². The van der Waals surface area contributed by atoms with Gasteiger partial charge in [-0.15, -0.1) is 0 Å². The SMILES string of the molecule is CCCCC(CC(C)(CC)CC)C(C)(CC)CC. The van der Waals surface area contributed by atoms with Crippen LogP contribution in [0.5, 0.6) is 0 Å². The first-order valence-electron chi connectivity index (χ1n) is 8.41. The molecule has 0 saturated heterocycles. The average Bonchev–Trinajstić information content (AvgIpc) is 2.42. The Bertz CT molecular complexity index is 196. The molecule has 0 fully saturated rings. The van der Waals surface area contributed by atoms with Crippen molar-refractivity contribution in [2.75, 3.05) is 0 Å². The molecule has 0 aromatic carbocycles. The smallest absolute Gasteiger partial charge is 0.0303 e. The third-order valence-electron chi connectivity index (χ3n) is 5.95. The first-order valence-corrected chi connectivity index (χ1v) is 8.41. The molecule has 0 radical (unpaired) electrons. The predicted octanol–water partition coefficient (Wildman–Crippen LogP) is 6.84. The Kier molecular flexibility index (Phi) is 8.23. The maximum Gasteiger partial charge on any atom is -0.0303 e. The molecule has 0 aliphatic rings. The molecule has 0 rings (SSSR count). The van der Waals surface area contributed by atoms with Gasteiger partial charge in [-0.2, -0.15) is 0 Å². The Morgan fingerprint density at radius 2 is 1.28 bits per heavy atom. The van der Waals surface area contributed by atoms with E-state index in [9.17, 15) is 0 Å². The number of hydrogen-bond donors (Lipinski definition) is 0. The largest absolute Gasteiger partial charge is 0.0654 e. The van der Waals surface area contributed by atoms with Crippen LogP contribution in [0.3, 0.4) is 0 Å². The second kappa shape index (κ2) is 8.23. The van der Waals surface area contributed by atoms with Gasteiger partial charge in [-0.25, -0.2) is 0 Å². The zero-order valence-electron chi connectivity index (χ0n) is 14.2. The molecule has 0 aromatic heterocycles. The molecule has 1 atom stereocenters. The van der Waals surface area contributed by atoms with Gasteiger partial charge in [-0.05, 0) is 29.6 Å². The lowest BCUT2D eigenvalue weighted by atomic mass is 9.63. The van der Waals surface area contributed by atoms with Crippen LogP contribution in [0.4, 0.5) is 0 Å². The van der Waals surface area contributed by atoms with Gasteiger partial charge in [0.1, 0.15) is 0 Å². The Balaban J connectivity index is 4.87. The summed E-state index contributed by atoms with van der Waals surface area (Å²) in [4.78, 5) is 0. The highest BCUT2D eigenvalue weighted by Crippen LogP contribution is 2.46. The molecule has 0 heterocycles. The van der Waals surface area contributed by atoms with E-state index in [4.69, 9.17) is 0 Å². The second-order valence-electron chi connectivity index (χ2n) is 6.92. The fraction of sp³-hybridized carbons (Fsp3) is 1.00. The highest BCUT2D eigenvalue weighted by Gasteiger charge is 2.35. The Morgan fingerprint density at radius 1 is 0.778 bits per heavy atom. The average molecular weight is 255 g/mol. The van der Waals surface area contributed by atoms with Crippen LogP contribution < -0.4 is 0 Å². The summed E-state index contributed by atoms with van der Waals surface area (Å²) < 4.78 is 0. The molecule has 0 spiro atoms. The highest BCUT2D eigenvalue weighted by atomic mass is 14.4. The normalized spacial score (nSPS) is 14.8. The van der Waals surface area contributed by atoms with E-state index >= 15 is 0 Å². The Morgan fingerprint density at radius 3 is 1.61 bits per heavy atom. The molecule has 0 nitrogen and oxygen atoms in total. The minimum Gasteiger partial charge on any atom is -0.0654 e. The number of hydrogen-bond acceptors (Lipinski definition) is 0. The van der Waals surface area contributed by atoms with E-state index in [2.05, 4.69) is 48.5 Å². The lowest BCUT2D eigenvalue weighted by Gasteiger charge is -2.42. The minimum atomic E-state index is 0.556. The fourth-order valence-corrected chi connectivity index (χ4v) is 3.11. The van der Waals surface area contributed by atoms with Crippen LogP contribution in [0.15, 0.2) is 0 Å². The molecule has 0 N–H and O–H groups in total. The van der Waals surface area contributed by atoms with Crippen LogP contribution in [-0.4, -0.2) is 0 Å². The van der Waals surface area contributed by atoms with E-state index in [1.54, 1.807) is 0 Å². The molecular formula is C18H38. The third kappa shape index (κ3) is 4.94. The van der Waals surface area contributed by atoms with Gasteiger partial charge in [0.15, 0.2) is 0 Å². The lowest BCUT2D eigenvalue weighted by Crippen LogP contribution is -2.31. The van der Waals surface area contributed by atoms with Gasteiger partial charge in [0.25, 0.3) is 0 Å². The summed E-state index contributed by atoms with van der Waals surface area (Å²) in [6, 6.07) is 0. The standard InChI is InChI=1S/C18H38/c1-8-13-14-16(18(7,11-4)12-5)15-17(6,9-2)10-3/h16H,8-15H2,1-7H3. The van der Waals surface area contributed by atoms with Gasteiger partial charge in [-0.1, -0.05) is 87.0 Å². The molecule has 0 aliphatic heterocycles. The first kappa shape index (κ1) is 18.0. The lowest BCUT2D eigenvalue weighted by molar-refractivity contribution is 0.0889. The summed E-state index contributed by atoms with van der Waals surface area (Å²) in [6.45, 7) is 16.9. The van der Waals surface area contributed by atoms with Crippen molar-refractivity contribution in [1.82, 2.24) is 0 Å². The van der Waals surface area contributed by atoms with E-state index < -0.39 is 0 Å². The molecule has 0 heteroatoms. The van der Waals surface area contributed by atoms with Crippen molar-refractivity contribution in [3.05, 3.63) is 0 Å². The van der Waals surface area contributed by atoms with E-state index in [1.165, 1.54) is 51.4 Å². The molecule has 0 aromatic rings. The van der Waals surface area contributed by atoms with Crippen LogP contribution >= 0.6 is 0 Å². The van der Waals surface area contributed by atoms with Crippen molar-refractivity contribution in [1.29, 1.82) is 0 Å². The molecule has 18 heavy (non-hydrogen) atoms.